The molecule has 5 heteroatoms. The van der Waals surface area contributed by atoms with Crippen LogP contribution in [-0.2, 0) is 0 Å². The molecular weight excluding hydrogens is 207 g/mol. The van der Waals surface area contributed by atoms with Crippen molar-refractivity contribution in [3.8, 4) is 0 Å². The minimum Gasteiger partial charge on any atom is -0.394 e. The summed E-state index contributed by atoms with van der Waals surface area (Å²) in [5.74, 6) is -1.18. The van der Waals surface area contributed by atoms with Gasteiger partial charge in [0, 0.05) is 5.54 Å². The van der Waals surface area contributed by atoms with Gasteiger partial charge in [-0.25, -0.2) is 0 Å². The fraction of sp³-hybridized carbons (Fsp3) is 1.00. The van der Waals surface area contributed by atoms with Gasteiger partial charge in [-0.2, -0.15) is 13.2 Å². The van der Waals surface area contributed by atoms with E-state index >= 15 is 0 Å². The van der Waals surface area contributed by atoms with Crippen LogP contribution in [0.4, 0.5) is 13.2 Å². The quantitative estimate of drug-likeness (QED) is 0.770. The summed E-state index contributed by atoms with van der Waals surface area (Å²) in [5.41, 5.74) is -0.476. The summed E-state index contributed by atoms with van der Waals surface area (Å²) in [7, 11) is 0. The van der Waals surface area contributed by atoms with Gasteiger partial charge < -0.3 is 10.4 Å². The summed E-state index contributed by atoms with van der Waals surface area (Å²) >= 11 is 0. The Morgan fingerprint density at radius 1 is 1.33 bits per heavy atom. The molecule has 0 heterocycles. The van der Waals surface area contributed by atoms with Crippen LogP contribution in [0.25, 0.3) is 0 Å². The third kappa shape index (κ3) is 3.08. The molecule has 15 heavy (non-hydrogen) atoms. The van der Waals surface area contributed by atoms with Gasteiger partial charge in [0.25, 0.3) is 0 Å². The van der Waals surface area contributed by atoms with E-state index < -0.39 is 17.6 Å². The van der Waals surface area contributed by atoms with Gasteiger partial charge in [0.05, 0.1) is 12.5 Å². The van der Waals surface area contributed by atoms with Crippen LogP contribution in [0.2, 0.25) is 0 Å². The molecular formula is C10H18F3NO. The molecule has 1 rings (SSSR count). The number of likely N-dealkylation sites (N-methyl/N-ethyl adjacent to an activating group) is 1. The van der Waals surface area contributed by atoms with E-state index in [9.17, 15) is 18.3 Å². The molecule has 0 spiro atoms. The van der Waals surface area contributed by atoms with Crippen molar-refractivity contribution in [3.05, 3.63) is 0 Å². The van der Waals surface area contributed by atoms with Crippen molar-refractivity contribution in [2.24, 2.45) is 5.92 Å². The van der Waals surface area contributed by atoms with Crippen molar-refractivity contribution < 1.29 is 18.3 Å². The molecule has 0 bridgehead atoms. The molecule has 1 fully saturated rings. The fourth-order valence-electron chi connectivity index (χ4n) is 2.26. The van der Waals surface area contributed by atoms with E-state index in [1.165, 1.54) is 0 Å². The Morgan fingerprint density at radius 3 is 2.20 bits per heavy atom. The topological polar surface area (TPSA) is 32.3 Å². The zero-order chi connectivity index (χ0) is 11.5. The maximum atomic E-state index is 12.4. The molecule has 0 radical (unpaired) electrons. The Balaban J connectivity index is 2.53. The van der Waals surface area contributed by atoms with Gasteiger partial charge in [0.1, 0.15) is 0 Å². The third-order valence-electron chi connectivity index (χ3n) is 3.26. The maximum Gasteiger partial charge on any atom is 0.391 e. The number of hydrogen-bond donors (Lipinski definition) is 2. The van der Waals surface area contributed by atoms with Crippen LogP contribution < -0.4 is 5.32 Å². The number of nitrogens with one attached hydrogen (secondary N) is 1. The number of alkyl halides is 3. The second kappa shape index (κ2) is 4.70. The lowest BCUT2D eigenvalue weighted by molar-refractivity contribution is -0.186. The number of aliphatic hydroxyl groups excluding tert-OH is 1. The van der Waals surface area contributed by atoms with Gasteiger partial charge in [-0.3, -0.25) is 0 Å². The van der Waals surface area contributed by atoms with Crippen LogP contribution in [0.15, 0.2) is 0 Å². The summed E-state index contributed by atoms with van der Waals surface area (Å²) in [5, 5.41) is 12.3. The van der Waals surface area contributed by atoms with Gasteiger partial charge in [-0.05, 0) is 32.2 Å². The fourth-order valence-corrected chi connectivity index (χ4v) is 2.26. The van der Waals surface area contributed by atoms with E-state index in [0.29, 0.717) is 19.4 Å². The van der Waals surface area contributed by atoms with Crippen molar-refractivity contribution in [1.29, 1.82) is 0 Å². The first-order chi connectivity index (χ1) is 6.93. The first kappa shape index (κ1) is 12.8. The Hall–Kier alpha value is -0.290. The van der Waals surface area contributed by atoms with Crippen LogP contribution in [-0.4, -0.2) is 30.0 Å². The summed E-state index contributed by atoms with van der Waals surface area (Å²) in [4.78, 5) is 0. The highest BCUT2D eigenvalue weighted by Gasteiger charge is 2.45. The zero-order valence-electron chi connectivity index (χ0n) is 8.90. The van der Waals surface area contributed by atoms with Gasteiger partial charge in [0.2, 0.25) is 0 Å². The van der Waals surface area contributed by atoms with Crippen molar-refractivity contribution in [3.63, 3.8) is 0 Å². The smallest absolute Gasteiger partial charge is 0.391 e. The normalized spacial score (nSPS) is 33.0. The summed E-state index contributed by atoms with van der Waals surface area (Å²) in [6.45, 7) is 2.50. The lowest BCUT2D eigenvalue weighted by atomic mass is 9.76. The summed E-state index contributed by atoms with van der Waals surface area (Å²) in [6.07, 6.45) is -3.02. The van der Waals surface area contributed by atoms with E-state index in [4.69, 9.17) is 0 Å². The van der Waals surface area contributed by atoms with E-state index in [0.717, 1.165) is 0 Å². The molecule has 1 aliphatic rings. The average molecular weight is 225 g/mol. The van der Waals surface area contributed by atoms with E-state index in [1.54, 1.807) is 0 Å². The Bertz CT molecular complexity index is 197. The standard InChI is InChI=1S/C10H18F3NO/c1-2-14-9(7-15)5-3-8(4-6-9)10(11,12)13/h8,14-15H,2-7H2,1H3. The Labute approximate surface area is 87.9 Å². The first-order valence-corrected chi connectivity index (χ1v) is 5.36. The molecule has 2 nitrogen and oxygen atoms in total. The van der Waals surface area contributed by atoms with Crippen molar-refractivity contribution in [2.75, 3.05) is 13.2 Å². The Morgan fingerprint density at radius 2 is 1.87 bits per heavy atom. The third-order valence-corrected chi connectivity index (χ3v) is 3.26. The predicted octanol–water partition coefficient (Wildman–Crippen LogP) is 2.08. The van der Waals surface area contributed by atoms with Crippen molar-refractivity contribution in [2.45, 2.75) is 44.3 Å². The van der Waals surface area contributed by atoms with Crippen LogP contribution in [0.5, 0.6) is 0 Å². The van der Waals surface area contributed by atoms with Crippen LogP contribution in [0.3, 0.4) is 0 Å². The molecule has 0 aromatic rings. The molecule has 0 atom stereocenters. The minimum atomic E-state index is -4.08. The second-order valence-corrected chi connectivity index (χ2v) is 4.28. The highest BCUT2D eigenvalue weighted by atomic mass is 19.4. The minimum absolute atomic E-state index is 0.0780. The molecule has 2 N–H and O–H groups in total. The summed E-state index contributed by atoms with van der Waals surface area (Å²) < 4.78 is 37.2. The number of halogens is 3. The number of rotatable bonds is 3. The molecule has 0 saturated heterocycles. The largest absolute Gasteiger partial charge is 0.394 e. The van der Waals surface area contributed by atoms with Gasteiger partial charge in [0.15, 0.2) is 0 Å². The van der Waals surface area contributed by atoms with E-state index in [-0.39, 0.29) is 19.4 Å². The summed E-state index contributed by atoms with van der Waals surface area (Å²) in [6, 6.07) is 0. The molecule has 0 aromatic heterocycles. The van der Waals surface area contributed by atoms with Crippen molar-refractivity contribution >= 4 is 0 Å². The highest BCUT2D eigenvalue weighted by Crippen LogP contribution is 2.40. The molecule has 1 aliphatic carbocycles. The van der Waals surface area contributed by atoms with Crippen LogP contribution >= 0.6 is 0 Å². The predicted molar refractivity (Wildman–Crippen MR) is 51.5 cm³/mol. The number of aliphatic hydroxyl groups is 1. The number of hydrogen-bond acceptors (Lipinski definition) is 2. The molecule has 0 unspecified atom stereocenters. The molecule has 0 amide bonds. The zero-order valence-corrected chi connectivity index (χ0v) is 8.90. The Kier molecular flexibility index (Phi) is 4.00. The SMILES string of the molecule is CCNC1(CO)CCC(C(F)(F)F)CC1. The second-order valence-electron chi connectivity index (χ2n) is 4.28. The van der Waals surface area contributed by atoms with Crippen LogP contribution in [0.1, 0.15) is 32.6 Å². The van der Waals surface area contributed by atoms with Crippen LogP contribution in [0, 0.1) is 5.92 Å². The molecule has 0 aromatic carbocycles. The lowest BCUT2D eigenvalue weighted by Crippen LogP contribution is -2.52. The van der Waals surface area contributed by atoms with Crippen molar-refractivity contribution in [1.82, 2.24) is 5.32 Å². The molecule has 90 valence electrons. The average Bonchev–Trinajstić information content (AvgIpc) is 2.17. The first-order valence-electron chi connectivity index (χ1n) is 5.36. The van der Waals surface area contributed by atoms with E-state index in [2.05, 4.69) is 5.32 Å². The van der Waals surface area contributed by atoms with Gasteiger partial charge in [-0.1, -0.05) is 6.92 Å². The van der Waals surface area contributed by atoms with Gasteiger partial charge in [-0.15, -0.1) is 0 Å². The molecule has 0 aliphatic heterocycles. The molecule has 1 saturated carbocycles. The van der Waals surface area contributed by atoms with Gasteiger partial charge >= 0.3 is 6.18 Å². The lowest BCUT2D eigenvalue weighted by Gasteiger charge is -2.40. The highest BCUT2D eigenvalue weighted by molar-refractivity contribution is 4.93. The monoisotopic (exact) mass is 225 g/mol. The maximum absolute atomic E-state index is 12.4. The van der Waals surface area contributed by atoms with E-state index in [1.807, 2.05) is 6.92 Å².